The van der Waals surface area contributed by atoms with Crippen molar-refractivity contribution >= 4 is 32.6 Å². The zero-order chi connectivity index (χ0) is 17.1. The van der Waals surface area contributed by atoms with E-state index in [1.807, 2.05) is 48.9 Å². The molecule has 1 aromatic carbocycles. The number of rotatable bonds is 6. The van der Waals surface area contributed by atoms with Gasteiger partial charge in [-0.05, 0) is 38.0 Å². The lowest BCUT2D eigenvalue weighted by molar-refractivity contribution is -0.116. The van der Waals surface area contributed by atoms with Crippen molar-refractivity contribution in [3.8, 4) is 0 Å². The van der Waals surface area contributed by atoms with Crippen molar-refractivity contribution in [3.63, 3.8) is 0 Å². The fourth-order valence-electron chi connectivity index (χ4n) is 2.74. The number of allylic oxidation sites excluding steroid dienone is 1. The van der Waals surface area contributed by atoms with Crippen molar-refractivity contribution in [2.75, 3.05) is 5.32 Å². The number of carbonyl (C=O) groups is 1. The number of anilines is 1. The minimum atomic E-state index is -0.0238. The van der Waals surface area contributed by atoms with E-state index in [1.165, 1.54) is 11.3 Å². The van der Waals surface area contributed by atoms with E-state index in [0.29, 0.717) is 24.5 Å². The Bertz CT molecular complexity index is 861. The summed E-state index contributed by atoms with van der Waals surface area (Å²) in [6.45, 7) is 8.44. The number of hydrogen-bond donors (Lipinski definition) is 1. The van der Waals surface area contributed by atoms with Crippen molar-refractivity contribution in [3.05, 3.63) is 53.9 Å². The van der Waals surface area contributed by atoms with E-state index < -0.39 is 0 Å². The third kappa shape index (κ3) is 3.38. The number of amides is 1. The maximum absolute atomic E-state index is 12.2. The quantitative estimate of drug-likeness (QED) is 0.693. The average Bonchev–Trinajstić information content (AvgIpc) is 3.07. The molecule has 0 aliphatic carbocycles. The van der Waals surface area contributed by atoms with Crippen LogP contribution in [-0.2, 0) is 17.8 Å². The smallest absolute Gasteiger partial charge is 0.226 e. The van der Waals surface area contributed by atoms with Crippen LogP contribution in [0.4, 0.5) is 5.13 Å². The molecule has 0 atom stereocenters. The number of fused-ring (bicyclic) bond motifs is 1. The number of benzene rings is 1. The second-order valence-corrected chi connectivity index (χ2v) is 6.69. The Balaban J connectivity index is 1.64. The molecule has 0 aliphatic rings. The second-order valence-electron chi connectivity index (χ2n) is 5.66. The third-order valence-electron chi connectivity index (χ3n) is 3.98. The summed E-state index contributed by atoms with van der Waals surface area (Å²) in [7, 11) is 0. The normalized spacial score (nSPS) is 10.9. The van der Waals surface area contributed by atoms with Gasteiger partial charge in [-0.3, -0.25) is 9.48 Å². The van der Waals surface area contributed by atoms with Crippen LogP contribution in [0.5, 0.6) is 0 Å². The molecule has 0 saturated heterocycles. The molecule has 24 heavy (non-hydrogen) atoms. The van der Waals surface area contributed by atoms with Crippen LogP contribution in [-0.4, -0.2) is 20.7 Å². The van der Waals surface area contributed by atoms with Crippen molar-refractivity contribution in [2.24, 2.45) is 0 Å². The molecule has 0 aliphatic heterocycles. The van der Waals surface area contributed by atoms with Crippen LogP contribution in [0.3, 0.4) is 0 Å². The SMILES string of the molecule is C=CCn1nc(C)c(CCC(=O)Nc2nc3ccccc3s2)c1C. The molecular formula is C18H20N4OS. The number of aryl methyl sites for hydroxylation is 1. The molecule has 3 rings (SSSR count). The molecule has 1 N–H and O–H groups in total. The van der Waals surface area contributed by atoms with E-state index in [0.717, 1.165) is 27.2 Å². The summed E-state index contributed by atoms with van der Waals surface area (Å²) in [4.78, 5) is 16.7. The molecule has 6 heteroatoms. The highest BCUT2D eigenvalue weighted by molar-refractivity contribution is 7.22. The number of hydrogen-bond acceptors (Lipinski definition) is 4. The Labute approximate surface area is 145 Å². The van der Waals surface area contributed by atoms with Gasteiger partial charge in [0, 0.05) is 12.1 Å². The Morgan fingerprint density at radius 3 is 2.92 bits per heavy atom. The fraction of sp³-hybridized carbons (Fsp3) is 0.278. The molecule has 124 valence electrons. The molecule has 5 nitrogen and oxygen atoms in total. The number of carbonyl (C=O) groups excluding carboxylic acids is 1. The summed E-state index contributed by atoms with van der Waals surface area (Å²) in [5, 5.41) is 8.04. The number of nitrogens with zero attached hydrogens (tertiary/aromatic N) is 3. The van der Waals surface area contributed by atoms with Crippen LogP contribution in [0.1, 0.15) is 23.4 Å². The van der Waals surface area contributed by atoms with Crippen LogP contribution in [0, 0.1) is 13.8 Å². The molecule has 0 bridgehead atoms. The Morgan fingerprint density at radius 2 is 2.17 bits per heavy atom. The number of para-hydroxylation sites is 1. The van der Waals surface area contributed by atoms with E-state index in [1.54, 1.807) is 0 Å². The summed E-state index contributed by atoms with van der Waals surface area (Å²) in [5.41, 5.74) is 4.12. The van der Waals surface area contributed by atoms with Gasteiger partial charge in [-0.15, -0.1) is 6.58 Å². The second kappa shape index (κ2) is 6.97. The topological polar surface area (TPSA) is 59.8 Å². The molecule has 1 amide bonds. The van der Waals surface area contributed by atoms with Crippen LogP contribution < -0.4 is 5.32 Å². The first kappa shape index (κ1) is 16.4. The van der Waals surface area contributed by atoms with E-state index in [-0.39, 0.29) is 5.91 Å². The van der Waals surface area contributed by atoms with Crippen molar-refractivity contribution in [1.29, 1.82) is 0 Å². The Hall–Kier alpha value is -2.47. The molecular weight excluding hydrogens is 320 g/mol. The van der Waals surface area contributed by atoms with Gasteiger partial charge in [0.1, 0.15) is 0 Å². The first-order valence-corrected chi connectivity index (χ1v) is 8.69. The molecule has 0 saturated carbocycles. The highest BCUT2D eigenvalue weighted by Crippen LogP contribution is 2.25. The first-order valence-electron chi connectivity index (χ1n) is 7.87. The summed E-state index contributed by atoms with van der Waals surface area (Å²) < 4.78 is 2.99. The van der Waals surface area contributed by atoms with Gasteiger partial charge in [0.2, 0.25) is 5.91 Å². The highest BCUT2D eigenvalue weighted by atomic mass is 32.1. The van der Waals surface area contributed by atoms with Gasteiger partial charge in [0.25, 0.3) is 0 Å². The highest BCUT2D eigenvalue weighted by Gasteiger charge is 2.13. The summed E-state index contributed by atoms with van der Waals surface area (Å²) in [5.74, 6) is -0.0238. The molecule has 0 fully saturated rings. The zero-order valence-electron chi connectivity index (χ0n) is 13.9. The zero-order valence-corrected chi connectivity index (χ0v) is 14.7. The predicted octanol–water partition coefficient (Wildman–Crippen LogP) is 3.87. The minimum absolute atomic E-state index is 0.0238. The standard InChI is InChI=1S/C18H20N4OS/c1-4-11-22-13(3)14(12(2)21-22)9-10-17(23)20-18-19-15-7-5-6-8-16(15)24-18/h4-8H,1,9-11H2,2-3H3,(H,19,20,23). The van der Waals surface area contributed by atoms with Gasteiger partial charge in [-0.25, -0.2) is 4.98 Å². The van der Waals surface area contributed by atoms with Crippen LogP contribution in [0.15, 0.2) is 36.9 Å². The lowest BCUT2D eigenvalue weighted by Crippen LogP contribution is -2.12. The van der Waals surface area contributed by atoms with Crippen molar-refractivity contribution in [2.45, 2.75) is 33.2 Å². The summed E-state index contributed by atoms with van der Waals surface area (Å²) in [6, 6.07) is 7.87. The van der Waals surface area contributed by atoms with E-state index >= 15 is 0 Å². The minimum Gasteiger partial charge on any atom is -0.302 e. The maximum Gasteiger partial charge on any atom is 0.226 e. The van der Waals surface area contributed by atoms with E-state index in [9.17, 15) is 4.79 Å². The van der Waals surface area contributed by atoms with Gasteiger partial charge in [0.05, 0.1) is 22.5 Å². The van der Waals surface area contributed by atoms with Crippen molar-refractivity contribution in [1.82, 2.24) is 14.8 Å². The van der Waals surface area contributed by atoms with Crippen LogP contribution >= 0.6 is 11.3 Å². The van der Waals surface area contributed by atoms with Gasteiger partial charge >= 0.3 is 0 Å². The summed E-state index contributed by atoms with van der Waals surface area (Å²) in [6.07, 6.45) is 2.91. The van der Waals surface area contributed by atoms with Crippen molar-refractivity contribution < 1.29 is 4.79 Å². The summed E-state index contributed by atoms with van der Waals surface area (Å²) >= 11 is 1.49. The molecule has 0 spiro atoms. The fourth-order valence-corrected chi connectivity index (χ4v) is 3.62. The van der Waals surface area contributed by atoms with Crippen LogP contribution in [0.25, 0.3) is 10.2 Å². The molecule has 3 aromatic rings. The Morgan fingerprint density at radius 1 is 1.38 bits per heavy atom. The van der Waals surface area contributed by atoms with Gasteiger partial charge in [-0.2, -0.15) is 5.10 Å². The molecule has 0 unspecified atom stereocenters. The Kier molecular flexibility index (Phi) is 4.76. The maximum atomic E-state index is 12.2. The lowest BCUT2D eigenvalue weighted by atomic mass is 10.1. The number of nitrogens with one attached hydrogen (secondary N) is 1. The molecule has 2 heterocycles. The first-order chi connectivity index (χ1) is 11.6. The van der Waals surface area contributed by atoms with Gasteiger partial charge in [0.15, 0.2) is 5.13 Å². The average molecular weight is 340 g/mol. The monoisotopic (exact) mass is 340 g/mol. The van der Waals surface area contributed by atoms with E-state index in [4.69, 9.17) is 0 Å². The lowest BCUT2D eigenvalue weighted by Gasteiger charge is -2.04. The largest absolute Gasteiger partial charge is 0.302 e. The third-order valence-corrected chi connectivity index (χ3v) is 4.93. The number of aromatic nitrogens is 3. The predicted molar refractivity (Wildman–Crippen MR) is 98.5 cm³/mol. The van der Waals surface area contributed by atoms with Crippen LogP contribution in [0.2, 0.25) is 0 Å². The van der Waals surface area contributed by atoms with E-state index in [2.05, 4.69) is 22.0 Å². The van der Waals surface area contributed by atoms with Gasteiger partial charge < -0.3 is 5.32 Å². The molecule has 2 aromatic heterocycles. The molecule has 0 radical (unpaired) electrons. The number of thiazole rings is 1. The van der Waals surface area contributed by atoms with Gasteiger partial charge in [-0.1, -0.05) is 29.5 Å².